The summed E-state index contributed by atoms with van der Waals surface area (Å²) in [4.78, 5) is 12.2. The molecule has 0 amide bonds. The van der Waals surface area contributed by atoms with E-state index in [2.05, 4.69) is 4.28 Å². The average Bonchev–Trinajstić information content (AvgIpc) is 2.53. The molecule has 2 aromatic carbocycles. The van der Waals surface area contributed by atoms with Crippen LogP contribution in [0.1, 0.15) is 10.4 Å². The monoisotopic (exact) mass is 349 g/mol. The van der Waals surface area contributed by atoms with Gasteiger partial charge in [-0.2, -0.15) is 8.42 Å². The fraction of sp³-hybridized carbons (Fsp3) is 0.0667. The number of phenolic OH excluding ortho intramolecular Hbond substituents is 1. The lowest BCUT2D eigenvalue weighted by atomic mass is 10.0. The van der Waals surface area contributed by atoms with Crippen molar-refractivity contribution in [3.63, 3.8) is 0 Å². The van der Waals surface area contributed by atoms with Gasteiger partial charge >= 0.3 is 0 Å². The lowest BCUT2D eigenvalue weighted by molar-refractivity contribution is 0.101. The van der Waals surface area contributed by atoms with Crippen LogP contribution in [0.25, 0.3) is 11.1 Å². The molecule has 0 aromatic heterocycles. The van der Waals surface area contributed by atoms with E-state index in [1.54, 1.807) is 29.7 Å². The molecule has 0 bridgehead atoms. The van der Waals surface area contributed by atoms with Crippen molar-refractivity contribution in [2.75, 3.05) is 5.75 Å². The number of aromatic hydroxyl groups is 1. The zero-order valence-corrected chi connectivity index (χ0v) is 13.2. The summed E-state index contributed by atoms with van der Waals surface area (Å²) in [5.41, 5.74) is 7.92. The van der Waals surface area contributed by atoms with Crippen LogP contribution in [-0.4, -0.2) is 31.0 Å². The van der Waals surface area contributed by atoms with Crippen molar-refractivity contribution < 1.29 is 22.6 Å². The van der Waals surface area contributed by atoms with Crippen LogP contribution in [0.4, 0.5) is 0 Å². The first kappa shape index (κ1) is 17.4. The Balaban J connectivity index is 2.24. The molecule has 0 saturated heterocycles. The number of carbonyl (C=O) groups is 1. The van der Waals surface area contributed by atoms with Crippen molar-refractivity contribution in [1.82, 2.24) is 5.48 Å². The van der Waals surface area contributed by atoms with Crippen LogP contribution >= 0.6 is 0 Å². The van der Waals surface area contributed by atoms with Gasteiger partial charge in [0, 0.05) is 5.56 Å². The Morgan fingerprint density at radius 2 is 1.83 bits per heavy atom. The molecule has 0 atom stereocenters. The third kappa shape index (κ3) is 4.80. The Bertz CT molecular complexity index is 866. The first-order valence-electron chi connectivity index (χ1n) is 6.71. The van der Waals surface area contributed by atoms with Crippen LogP contribution in [0.5, 0.6) is 5.75 Å². The lowest BCUT2D eigenvalue weighted by Gasteiger charge is -2.08. The molecule has 2 aromatic rings. The number of hydrogen-bond donors (Lipinski definition) is 4. The van der Waals surface area contributed by atoms with Gasteiger partial charge in [-0.05, 0) is 29.3 Å². The zero-order valence-electron chi connectivity index (χ0n) is 12.4. The van der Waals surface area contributed by atoms with Crippen molar-refractivity contribution in [1.29, 1.82) is 5.41 Å². The highest BCUT2D eigenvalue weighted by molar-refractivity contribution is 7.87. The predicted octanol–water partition coefficient (Wildman–Crippen LogP) is 0.986. The number of nitrogens with one attached hydrogen (secondary N) is 2. The van der Waals surface area contributed by atoms with E-state index in [1.807, 2.05) is 6.07 Å². The molecule has 0 radical (unpaired) electrons. The first-order valence-corrected chi connectivity index (χ1v) is 8.28. The minimum Gasteiger partial charge on any atom is -0.508 e. The maximum Gasteiger partial charge on any atom is 0.295 e. The van der Waals surface area contributed by atoms with Gasteiger partial charge in [-0.15, -0.1) is 4.28 Å². The van der Waals surface area contributed by atoms with Crippen LogP contribution in [0, 0.1) is 5.41 Å². The number of benzene rings is 2. The zero-order chi connectivity index (χ0) is 17.7. The predicted molar refractivity (Wildman–Crippen MR) is 87.8 cm³/mol. The standard InChI is InChI=1S/C15H15N3O5S/c16-15(17)18-23-24(21,22)9-14(20)12-6-11(7-13(19)8-12)10-4-2-1-3-5-10/h1-8,19H,9H2,(H4,16,17,18). The molecule has 126 valence electrons. The van der Waals surface area contributed by atoms with E-state index in [4.69, 9.17) is 11.1 Å². The number of guanidine groups is 1. The Kier molecular flexibility index (Phi) is 5.17. The van der Waals surface area contributed by atoms with E-state index in [0.29, 0.717) is 5.56 Å². The van der Waals surface area contributed by atoms with E-state index in [0.717, 1.165) is 5.56 Å². The fourth-order valence-electron chi connectivity index (χ4n) is 1.95. The number of hydrogen-bond acceptors (Lipinski definition) is 6. The molecule has 0 saturated carbocycles. The van der Waals surface area contributed by atoms with Gasteiger partial charge in [-0.3, -0.25) is 10.2 Å². The first-order chi connectivity index (χ1) is 11.3. The van der Waals surface area contributed by atoms with Crippen molar-refractivity contribution >= 4 is 21.9 Å². The molecular formula is C15H15N3O5S. The fourth-order valence-corrected chi connectivity index (χ4v) is 2.71. The minimum atomic E-state index is -4.28. The summed E-state index contributed by atoms with van der Waals surface area (Å²) >= 11 is 0. The second-order valence-electron chi connectivity index (χ2n) is 4.86. The summed E-state index contributed by atoms with van der Waals surface area (Å²) in [5, 5.41) is 16.6. The Labute approximate surface area is 138 Å². The lowest BCUT2D eigenvalue weighted by Crippen LogP contribution is -2.34. The van der Waals surface area contributed by atoms with E-state index in [1.165, 1.54) is 18.2 Å². The van der Waals surface area contributed by atoms with Gasteiger partial charge in [0.1, 0.15) is 11.5 Å². The van der Waals surface area contributed by atoms with Gasteiger partial charge in [-0.25, -0.2) is 5.48 Å². The molecule has 0 aliphatic rings. The molecule has 2 rings (SSSR count). The highest BCUT2D eigenvalue weighted by atomic mass is 32.2. The number of Topliss-reactive ketones (excluding diaryl/α,β-unsaturated/α-hetero) is 1. The Hall–Kier alpha value is -2.91. The van der Waals surface area contributed by atoms with Crippen LogP contribution in [0.3, 0.4) is 0 Å². The number of ketones is 1. The van der Waals surface area contributed by atoms with E-state index in [9.17, 15) is 18.3 Å². The van der Waals surface area contributed by atoms with E-state index < -0.39 is 27.6 Å². The molecule has 0 aliphatic carbocycles. The van der Waals surface area contributed by atoms with Gasteiger partial charge in [0.15, 0.2) is 5.78 Å². The summed E-state index contributed by atoms with van der Waals surface area (Å²) in [6.07, 6.45) is 0. The molecule has 0 unspecified atom stereocenters. The van der Waals surface area contributed by atoms with Crippen LogP contribution in [0.15, 0.2) is 48.5 Å². The maximum absolute atomic E-state index is 12.2. The molecule has 0 fully saturated rings. The SMILES string of the molecule is N=C(N)NOS(=O)(=O)CC(=O)c1cc(O)cc(-c2ccccc2)c1. The number of carbonyl (C=O) groups excluding carboxylic acids is 1. The second-order valence-corrected chi connectivity index (χ2v) is 6.43. The summed E-state index contributed by atoms with van der Waals surface area (Å²) in [6, 6.07) is 13.1. The number of phenols is 1. The van der Waals surface area contributed by atoms with Crippen molar-refractivity contribution in [3.8, 4) is 16.9 Å². The highest BCUT2D eigenvalue weighted by Gasteiger charge is 2.20. The third-order valence-corrected chi connectivity index (χ3v) is 3.89. The van der Waals surface area contributed by atoms with Gasteiger partial charge in [-0.1, -0.05) is 30.3 Å². The molecular weight excluding hydrogens is 334 g/mol. The molecule has 0 aliphatic heterocycles. The molecule has 9 heteroatoms. The minimum absolute atomic E-state index is 0.0175. The molecule has 0 heterocycles. The Morgan fingerprint density at radius 1 is 1.17 bits per heavy atom. The summed E-state index contributed by atoms with van der Waals surface area (Å²) in [6.45, 7) is 0. The van der Waals surface area contributed by atoms with Crippen LogP contribution < -0.4 is 11.2 Å². The quantitative estimate of drug-likeness (QED) is 0.263. The molecule has 0 spiro atoms. The molecule has 24 heavy (non-hydrogen) atoms. The van der Waals surface area contributed by atoms with Crippen LogP contribution in [0.2, 0.25) is 0 Å². The van der Waals surface area contributed by atoms with Crippen molar-refractivity contribution in [2.45, 2.75) is 0 Å². The van der Waals surface area contributed by atoms with Gasteiger partial charge < -0.3 is 10.8 Å². The van der Waals surface area contributed by atoms with Gasteiger partial charge in [0.2, 0.25) is 5.96 Å². The van der Waals surface area contributed by atoms with Crippen LogP contribution in [-0.2, 0) is 14.4 Å². The topological polar surface area (TPSA) is 143 Å². The van der Waals surface area contributed by atoms with Gasteiger partial charge in [0.05, 0.1) is 0 Å². The largest absolute Gasteiger partial charge is 0.508 e. The summed E-state index contributed by atoms with van der Waals surface area (Å²) in [5.74, 6) is -2.62. The summed E-state index contributed by atoms with van der Waals surface area (Å²) < 4.78 is 27.5. The van der Waals surface area contributed by atoms with Gasteiger partial charge in [0.25, 0.3) is 10.1 Å². The average molecular weight is 349 g/mol. The van der Waals surface area contributed by atoms with E-state index >= 15 is 0 Å². The second kappa shape index (κ2) is 7.11. The molecule has 8 nitrogen and oxygen atoms in total. The smallest absolute Gasteiger partial charge is 0.295 e. The number of rotatable bonds is 6. The number of hydroxylamine groups is 1. The summed E-state index contributed by atoms with van der Waals surface area (Å²) in [7, 11) is -4.28. The number of nitrogens with two attached hydrogens (primary N) is 1. The van der Waals surface area contributed by atoms with E-state index in [-0.39, 0.29) is 11.3 Å². The van der Waals surface area contributed by atoms with Crippen molar-refractivity contribution in [2.24, 2.45) is 5.73 Å². The normalized spacial score (nSPS) is 11.0. The van der Waals surface area contributed by atoms with Crippen molar-refractivity contribution in [3.05, 3.63) is 54.1 Å². The maximum atomic E-state index is 12.2. The molecule has 5 N–H and O–H groups in total. The third-order valence-electron chi connectivity index (χ3n) is 2.93. The highest BCUT2D eigenvalue weighted by Crippen LogP contribution is 2.25. The Morgan fingerprint density at radius 3 is 2.46 bits per heavy atom.